The summed E-state index contributed by atoms with van der Waals surface area (Å²) in [7, 11) is 0. The zero-order valence-electron chi connectivity index (χ0n) is 8.34. The summed E-state index contributed by atoms with van der Waals surface area (Å²) in [6, 6.07) is 3.87. The minimum atomic E-state index is -0.0638. The third-order valence-electron chi connectivity index (χ3n) is 2.24. The average molecular weight is 219 g/mol. The summed E-state index contributed by atoms with van der Waals surface area (Å²) in [5, 5.41) is 4.23. The molecule has 0 spiro atoms. The van der Waals surface area contributed by atoms with Crippen LogP contribution in [0.1, 0.15) is 23.9 Å². The molecule has 0 aromatic carbocycles. The molecule has 2 aromatic rings. The second-order valence-electron chi connectivity index (χ2n) is 3.38. The number of aromatic nitrogens is 2. The first kappa shape index (κ1) is 10.3. The van der Waals surface area contributed by atoms with E-state index in [2.05, 4.69) is 26.8 Å². The monoisotopic (exact) mass is 219 g/mol. The van der Waals surface area contributed by atoms with Crippen molar-refractivity contribution in [2.24, 2.45) is 5.73 Å². The van der Waals surface area contributed by atoms with Crippen LogP contribution in [0.15, 0.2) is 35.3 Å². The zero-order chi connectivity index (χ0) is 10.5. The molecule has 0 saturated carbocycles. The van der Waals surface area contributed by atoms with E-state index >= 15 is 0 Å². The molecular formula is C11H13N3S. The number of hydrogen-bond donors (Lipinski definition) is 1. The van der Waals surface area contributed by atoms with Gasteiger partial charge in [0.2, 0.25) is 0 Å². The summed E-state index contributed by atoms with van der Waals surface area (Å²) < 4.78 is 0. The molecule has 0 bridgehead atoms. The van der Waals surface area contributed by atoms with Gasteiger partial charge in [-0.05, 0) is 41.3 Å². The molecule has 0 aliphatic heterocycles. The Bertz CT molecular complexity index is 385. The van der Waals surface area contributed by atoms with Crippen LogP contribution in [0, 0.1) is 0 Å². The summed E-state index contributed by atoms with van der Waals surface area (Å²) in [5.41, 5.74) is 7.33. The normalized spacial score (nSPS) is 12.6. The number of nitrogens with zero attached hydrogens (tertiary/aromatic N) is 2. The Morgan fingerprint density at radius 3 is 2.80 bits per heavy atom. The molecule has 78 valence electrons. The Labute approximate surface area is 93.0 Å². The third-order valence-corrected chi connectivity index (χ3v) is 2.97. The summed E-state index contributed by atoms with van der Waals surface area (Å²) in [4.78, 5) is 8.29. The van der Waals surface area contributed by atoms with Crippen LogP contribution in [0.3, 0.4) is 0 Å². The summed E-state index contributed by atoms with van der Waals surface area (Å²) in [6.45, 7) is 0. The van der Waals surface area contributed by atoms with E-state index in [9.17, 15) is 0 Å². The highest BCUT2D eigenvalue weighted by atomic mass is 32.1. The van der Waals surface area contributed by atoms with E-state index in [1.165, 1.54) is 5.56 Å². The van der Waals surface area contributed by atoms with Crippen molar-refractivity contribution in [3.63, 3.8) is 0 Å². The van der Waals surface area contributed by atoms with Crippen LogP contribution in [0.4, 0.5) is 0 Å². The molecule has 2 rings (SSSR count). The number of thiophene rings is 1. The maximum atomic E-state index is 5.99. The summed E-state index contributed by atoms with van der Waals surface area (Å²) >= 11 is 1.71. The molecule has 2 heterocycles. The fourth-order valence-corrected chi connectivity index (χ4v) is 2.09. The molecule has 0 fully saturated rings. The minimum absolute atomic E-state index is 0.0638. The lowest BCUT2D eigenvalue weighted by molar-refractivity contribution is 0.612. The Balaban J connectivity index is 1.90. The highest BCUT2D eigenvalue weighted by Crippen LogP contribution is 2.14. The van der Waals surface area contributed by atoms with Crippen molar-refractivity contribution in [3.05, 3.63) is 46.7 Å². The van der Waals surface area contributed by atoms with E-state index in [1.807, 2.05) is 0 Å². The lowest BCUT2D eigenvalue weighted by Crippen LogP contribution is -2.14. The predicted molar refractivity (Wildman–Crippen MR) is 61.6 cm³/mol. The quantitative estimate of drug-likeness (QED) is 0.857. The molecule has 0 saturated heterocycles. The van der Waals surface area contributed by atoms with Gasteiger partial charge in [0.25, 0.3) is 0 Å². The van der Waals surface area contributed by atoms with Gasteiger partial charge in [-0.2, -0.15) is 11.3 Å². The number of nitrogens with two attached hydrogens (primary N) is 1. The lowest BCUT2D eigenvalue weighted by atomic mass is 10.1. The van der Waals surface area contributed by atoms with Gasteiger partial charge in [-0.25, -0.2) is 9.97 Å². The first-order valence-electron chi connectivity index (χ1n) is 4.90. The Morgan fingerprint density at radius 1 is 1.33 bits per heavy atom. The minimum Gasteiger partial charge on any atom is -0.321 e. The van der Waals surface area contributed by atoms with Gasteiger partial charge in [-0.3, -0.25) is 0 Å². The van der Waals surface area contributed by atoms with Crippen molar-refractivity contribution < 1.29 is 0 Å². The smallest absolute Gasteiger partial charge is 0.144 e. The van der Waals surface area contributed by atoms with Gasteiger partial charge in [0.1, 0.15) is 5.82 Å². The number of aryl methyl sites for hydroxylation is 1. The molecule has 0 amide bonds. The van der Waals surface area contributed by atoms with Crippen molar-refractivity contribution in [2.45, 2.75) is 18.9 Å². The Morgan fingerprint density at radius 2 is 2.13 bits per heavy atom. The van der Waals surface area contributed by atoms with E-state index in [0.29, 0.717) is 0 Å². The molecule has 3 nitrogen and oxygen atoms in total. The third kappa shape index (κ3) is 2.84. The first-order valence-corrected chi connectivity index (χ1v) is 5.84. The van der Waals surface area contributed by atoms with Crippen LogP contribution >= 0.6 is 11.3 Å². The summed E-state index contributed by atoms with van der Waals surface area (Å²) in [6.07, 6.45) is 5.34. The molecule has 0 radical (unpaired) electrons. The first-order chi connectivity index (χ1) is 7.36. The van der Waals surface area contributed by atoms with Crippen molar-refractivity contribution >= 4 is 11.3 Å². The highest BCUT2D eigenvalue weighted by molar-refractivity contribution is 7.07. The average Bonchev–Trinajstić information content (AvgIpc) is 2.80. The van der Waals surface area contributed by atoms with Crippen molar-refractivity contribution in [2.75, 3.05) is 0 Å². The van der Waals surface area contributed by atoms with Gasteiger partial charge in [0.05, 0.1) is 6.04 Å². The highest BCUT2D eigenvalue weighted by Gasteiger charge is 2.08. The van der Waals surface area contributed by atoms with Crippen LogP contribution in [-0.2, 0) is 6.42 Å². The summed E-state index contributed by atoms with van der Waals surface area (Å²) in [5.74, 6) is 0.729. The van der Waals surface area contributed by atoms with Gasteiger partial charge < -0.3 is 5.73 Å². The van der Waals surface area contributed by atoms with Crippen molar-refractivity contribution in [1.29, 1.82) is 0 Å². The van der Waals surface area contributed by atoms with Gasteiger partial charge in [-0.1, -0.05) is 0 Å². The fourth-order valence-electron chi connectivity index (χ4n) is 1.39. The maximum absolute atomic E-state index is 5.99. The van der Waals surface area contributed by atoms with Crippen LogP contribution in [0.25, 0.3) is 0 Å². The lowest BCUT2D eigenvalue weighted by Gasteiger charge is -2.08. The standard InChI is InChI=1S/C11H13N3S/c12-10(11-13-5-1-6-14-11)3-2-9-4-7-15-8-9/h1,4-8,10H,2-3,12H2. The van der Waals surface area contributed by atoms with Crippen LogP contribution in [0.5, 0.6) is 0 Å². The van der Waals surface area contributed by atoms with Crippen LogP contribution in [-0.4, -0.2) is 9.97 Å². The largest absolute Gasteiger partial charge is 0.321 e. The second-order valence-corrected chi connectivity index (χ2v) is 4.16. The molecule has 15 heavy (non-hydrogen) atoms. The number of rotatable bonds is 4. The van der Waals surface area contributed by atoms with E-state index in [4.69, 9.17) is 5.73 Å². The zero-order valence-corrected chi connectivity index (χ0v) is 9.15. The molecule has 0 aliphatic carbocycles. The molecule has 2 aromatic heterocycles. The van der Waals surface area contributed by atoms with Gasteiger partial charge >= 0.3 is 0 Å². The van der Waals surface area contributed by atoms with Gasteiger partial charge in [-0.15, -0.1) is 0 Å². The van der Waals surface area contributed by atoms with E-state index in [0.717, 1.165) is 18.7 Å². The van der Waals surface area contributed by atoms with Crippen LogP contribution in [0.2, 0.25) is 0 Å². The van der Waals surface area contributed by atoms with Crippen LogP contribution < -0.4 is 5.73 Å². The molecule has 0 aliphatic rings. The molecular weight excluding hydrogens is 206 g/mol. The maximum Gasteiger partial charge on any atom is 0.144 e. The predicted octanol–water partition coefficient (Wildman–Crippen LogP) is 2.17. The van der Waals surface area contributed by atoms with Crippen molar-refractivity contribution in [3.8, 4) is 0 Å². The molecule has 1 atom stereocenters. The van der Waals surface area contributed by atoms with Crippen molar-refractivity contribution in [1.82, 2.24) is 9.97 Å². The number of hydrogen-bond acceptors (Lipinski definition) is 4. The fraction of sp³-hybridized carbons (Fsp3) is 0.273. The van der Waals surface area contributed by atoms with Gasteiger partial charge in [0, 0.05) is 12.4 Å². The molecule has 2 N–H and O–H groups in total. The Hall–Kier alpha value is -1.26. The SMILES string of the molecule is NC(CCc1ccsc1)c1ncccn1. The second kappa shape index (κ2) is 5.00. The topological polar surface area (TPSA) is 51.8 Å². The van der Waals surface area contributed by atoms with E-state index in [-0.39, 0.29) is 6.04 Å². The van der Waals surface area contributed by atoms with E-state index < -0.39 is 0 Å². The Kier molecular flexibility index (Phi) is 3.42. The van der Waals surface area contributed by atoms with E-state index in [1.54, 1.807) is 29.8 Å². The molecule has 1 unspecified atom stereocenters. The van der Waals surface area contributed by atoms with Gasteiger partial charge in [0.15, 0.2) is 0 Å². The molecule has 4 heteroatoms.